The van der Waals surface area contributed by atoms with Gasteiger partial charge in [-0.25, -0.2) is 0 Å². The number of rotatable bonds is 2. The number of hydrogen-bond donors (Lipinski definition) is 0. The second-order valence-electron chi connectivity index (χ2n) is 10.6. The van der Waals surface area contributed by atoms with E-state index in [0.29, 0.717) is 8.54 Å². The predicted molar refractivity (Wildman–Crippen MR) is 114 cm³/mol. The molecule has 2 aromatic carbocycles. The molecule has 0 N–H and O–H groups in total. The summed E-state index contributed by atoms with van der Waals surface area (Å²) in [6.45, 7) is 0. The van der Waals surface area contributed by atoms with Crippen molar-refractivity contribution >= 4 is 0 Å². The van der Waals surface area contributed by atoms with E-state index in [4.69, 9.17) is 0 Å². The quantitative estimate of drug-likeness (QED) is 0.394. The maximum atomic E-state index is 2.53. The van der Waals surface area contributed by atoms with E-state index >= 15 is 0 Å². The molecule has 5 unspecified atom stereocenters. The Kier molecular flexibility index (Phi) is 3.58. The average Bonchev–Trinajstić information content (AvgIpc) is 3.34. The third kappa shape index (κ3) is 2.35. The third-order valence-electron chi connectivity index (χ3n) is 8.96. The van der Waals surface area contributed by atoms with Gasteiger partial charge >= 0.3 is 190 Å². The molecule has 0 amide bonds. The first-order valence-electron chi connectivity index (χ1n) is 11.5. The molecule has 0 spiro atoms. The average molecular weight is 455 g/mol. The van der Waals surface area contributed by atoms with Crippen LogP contribution in [0.15, 0.2) is 66.3 Å². The minimum atomic E-state index is 0.450. The molecule has 4 fully saturated rings. The first kappa shape index (κ1) is 17.5. The Bertz CT molecular complexity index is 1090. The second-order valence-corrected chi connectivity index (χ2v) is 13.1. The normalized spacial score (nSPS) is 38.2. The molecule has 8 rings (SSSR count). The van der Waals surface area contributed by atoms with Crippen molar-refractivity contribution in [3.63, 3.8) is 0 Å². The number of fused-ring (bicyclic) bond motifs is 3. The summed E-state index contributed by atoms with van der Waals surface area (Å²) >= 11 is 1.81. The van der Waals surface area contributed by atoms with Gasteiger partial charge in [-0.2, -0.15) is 0 Å². The van der Waals surface area contributed by atoms with Gasteiger partial charge in [0, 0.05) is 0 Å². The van der Waals surface area contributed by atoms with Crippen LogP contribution in [0, 0.1) is 17.8 Å². The fourth-order valence-corrected chi connectivity index (χ4v) is 11.1. The molecule has 0 aromatic heterocycles. The monoisotopic (exact) mass is 453 g/mol. The van der Waals surface area contributed by atoms with Crippen molar-refractivity contribution in [2.45, 2.75) is 53.5 Å². The van der Waals surface area contributed by atoms with Crippen LogP contribution in [-0.4, -0.2) is 0 Å². The van der Waals surface area contributed by atoms with E-state index in [9.17, 15) is 0 Å². The second kappa shape index (κ2) is 5.94. The topological polar surface area (TPSA) is 0 Å². The summed E-state index contributed by atoms with van der Waals surface area (Å²) in [6, 6.07) is 16.4. The van der Waals surface area contributed by atoms with Crippen LogP contribution in [0.25, 0.3) is 11.1 Å². The van der Waals surface area contributed by atoms with Crippen LogP contribution < -0.4 is 0 Å². The van der Waals surface area contributed by atoms with Crippen molar-refractivity contribution in [2.24, 2.45) is 17.8 Å². The van der Waals surface area contributed by atoms with E-state index in [1.165, 1.54) is 55.2 Å². The zero-order chi connectivity index (χ0) is 19.2. The van der Waals surface area contributed by atoms with Crippen LogP contribution in [0.1, 0.15) is 55.2 Å². The summed E-state index contributed by atoms with van der Waals surface area (Å²) in [6.07, 6.45) is 16.9. The molecule has 143 valence electrons. The van der Waals surface area contributed by atoms with Crippen molar-refractivity contribution in [1.29, 1.82) is 0 Å². The fraction of sp³-hybridized carbons (Fsp3) is 0.429. The van der Waals surface area contributed by atoms with E-state index in [0.717, 1.165) is 24.2 Å². The van der Waals surface area contributed by atoms with Gasteiger partial charge in [0.2, 0.25) is 0 Å². The first-order valence-corrected chi connectivity index (χ1v) is 12.7. The van der Waals surface area contributed by atoms with Gasteiger partial charge in [0.25, 0.3) is 0 Å². The fourth-order valence-electron chi connectivity index (χ4n) is 8.49. The number of hydrogen-bond acceptors (Lipinski definition) is 0. The van der Waals surface area contributed by atoms with Crippen molar-refractivity contribution < 1.29 is 24.7 Å². The van der Waals surface area contributed by atoms with Gasteiger partial charge in [0.15, 0.2) is 0 Å². The zero-order valence-corrected chi connectivity index (χ0v) is 19.4. The molecule has 0 nitrogen and oxygen atoms in total. The summed E-state index contributed by atoms with van der Waals surface area (Å²) in [5, 5.41) is 0. The van der Waals surface area contributed by atoms with E-state index < -0.39 is 0 Å². The molecule has 4 saturated carbocycles. The Morgan fingerprint density at radius 1 is 0.931 bits per heavy atom. The summed E-state index contributed by atoms with van der Waals surface area (Å²) in [5.41, 5.74) is 10.2. The molecule has 6 aliphatic rings. The van der Waals surface area contributed by atoms with Gasteiger partial charge < -0.3 is 0 Å². The van der Waals surface area contributed by atoms with Gasteiger partial charge in [-0.05, 0) is 0 Å². The number of allylic oxidation sites excluding steroid dienone is 4. The Morgan fingerprint density at radius 3 is 2.69 bits per heavy atom. The molecule has 4 bridgehead atoms. The Hall–Kier alpha value is -1.20. The van der Waals surface area contributed by atoms with E-state index in [1.54, 1.807) is 16.7 Å². The Balaban J connectivity index is 1.34. The molecule has 1 heteroatoms. The van der Waals surface area contributed by atoms with E-state index in [-0.39, 0.29) is 0 Å². The van der Waals surface area contributed by atoms with Crippen LogP contribution in [0.3, 0.4) is 0 Å². The summed E-state index contributed by atoms with van der Waals surface area (Å²) in [4.78, 5) is 0. The van der Waals surface area contributed by atoms with Gasteiger partial charge in [-0.1, -0.05) is 0 Å². The maximum absolute atomic E-state index is 2.53. The standard InChI is InChI=1S/C28H27.Zr/c1-2-7-19(6-1)27-21-12-18-13-22(27)17-28(15-18,16-21)26-11-5-10-24-23-9-4-3-8-20(23)14-25(24)26;/h1-6,8-11,18,21,27H,7,12-17H2;. The van der Waals surface area contributed by atoms with Crippen molar-refractivity contribution in [3.8, 4) is 11.1 Å². The first-order chi connectivity index (χ1) is 14.2. The summed E-state index contributed by atoms with van der Waals surface area (Å²) < 4.78 is 0.586. The third-order valence-corrected chi connectivity index (χ3v) is 10.7. The minimum absolute atomic E-state index is 0.450. The molecule has 29 heavy (non-hydrogen) atoms. The Morgan fingerprint density at radius 2 is 1.83 bits per heavy atom. The van der Waals surface area contributed by atoms with Crippen molar-refractivity contribution in [1.82, 2.24) is 0 Å². The summed E-state index contributed by atoms with van der Waals surface area (Å²) in [5.74, 6) is 2.75. The van der Waals surface area contributed by atoms with Crippen LogP contribution in [0.2, 0.25) is 3.12 Å². The molecule has 5 atom stereocenters. The van der Waals surface area contributed by atoms with Gasteiger partial charge in [-0.15, -0.1) is 0 Å². The Labute approximate surface area is 189 Å². The molecular weight excluding hydrogens is 428 g/mol. The van der Waals surface area contributed by atoms with Crippen LogP contribution in [0.4, 0.5) is 0 Å². The molecule has 2 aromatic rings. The SMILES string of the molecule is [Zr][C]12CC3CC(CC(c4cccc5c4Cc4ccccc4-5)(C3)C1)C2C1=CC=CC1. The summed E-state index contributed by atoms with van der Waals surface area (Å²) in [7, 11) is 0. The molecule has 6 aliphatic carbocycles. The predicted octanol–water partition coefficient (Wildman–Crippen LogP) is 6.93. The van der Waals surface area contributed by atoms with Gasteiger partial charge in [0.1, 0.15) is 0 Å². The molecule has 0 radical (unpaired) electrons. The van der Waals surface area contributed by atoms with E-state index in [1.807, 2.05) is 24.7 Å². The van der Waals surface area contributed by atoms with Crippen LogP contribution in [0.5, 0.6) is 0 Å². The molecule has 0 aliphatic heterocycles. The molecule has 0 heterocycles. The molecular formula is C28H27Zr. The number of benzene rings is 2. The van der Waals surface area contributed by atoms with Crippen LogP contribution >= 0.6 is 0 Å². The van der Waals surface area contributed by atoms with Gasteiger partial charge in [-0.3, -0.25) is 0 Å². The van der Waals surface area contributed by atoms with Crippen molar-refractivity contribution in [3.05, 3.63) is 83.0 Å². The zero-order valence-electron chi connectivity index (χ0n) is 17.0. The van der Waals surface area contributed by atoms with Crippen LogP contribution in [-0.2, 0) is 36.6 Å². The molecule has 0 saturated heterocycles. The van der Waals surface area contributed by atoms with E-state index in [2.05, 4.69) is 60.7 Å². The van der Waals surface area contributed by atoms with Gasteiger partial charge in [0.05, 0.1) is 0 Å². The van der Waals surface area contributed by atoms with Crippen molar-refractivity contribution in [2.75, 3.05) is 0 Å².